The molecule has 3 unspecified atom stereocenters. The summed E-state index contributed by atoms with van der Waals surface area (Å²) in [6.07, 6.45) is 4.13. The van der Waals surface area contributed by atoms with Crippen molar-refractivity contribution in [3.63, 3.8) is 0 Å². The Morgan fingerprint density at radius 3 is 2.33 bits per heavy atom. The summed E-state index contributed by atoms with van der Waals surface area (Å²) >= 11 is 6.62. The molecule has 0 aromatic heterocycles. The Bertz CT molecular complexity index is 371. The lowest BCUT2D eigenvalue weighted by molar-refractivity contribution is 0.242. The summed E-state index contributed by atoms with van der Waals surface area (Å²) in [5.41, 5.74) is 1.23. The van der Waals surface area contributed by atoms with Gasteiger partial charge in [0.25, 0.3) is 0 Å². The third-order valence-corrected chi connectivity index (χ3v) is 4.45. The van der Waals surface area contributed by atoms with Crippen LogP contribution in [0.2, 0.25) is 0 Å². The lowest BCUT2D eigenvalue weighted by Crippen LogP contribution is -2.11. The fourth-order valence-corrected chi connectivity index (χ4v) is 3.38. The molecule has 0 amide bonds. The predicted octanol–water partition coefficient (Wildman–Crippen LogP) is 5.19. The SMILES string of the molecule is CC(C)Oc1ccc(C(Cl)C2CCCC2C)cc1. The molecular formula is C16H23ClO. The van der Waals surface area contributed by atoms with Crippen molar-refractivity contribution < 1.29 is 4.74 Å². The van der Waals surface area contributed by atoms with Crippen LogP contribution in [0.3, 0.4) is 0 Å². The summed E-state index contributed by atoms with van der Waals surface area (Å²) in [5.74, 6) is 2.31. The van der Waals surface area contributed by atoms with Gasteiger partial charge in [-0.05, 0) is 49.8 Å². The normalized spacial score (nSPS) is 25.4. The van der Waals surface area contributed by atoms with Gasteiger partial charge in [-0.2, -0.15) is 0 Å². The summed E-state index contributed by atoms with van der Waals surface area (Å²) in [5, 5.41) is 0.149. The van der Waals surface area contributed by atoms with Gasteiger partial charge in [-0.1, -0.05) is 31.9 Å². The minimum absolute atomic E-state index is 0.149. The van der Waals surface area contributed by atoms with E-state index in [1.807, 2.05) is 26.0 Å². The molecule has 0 saturated heterocycles. The van der Waals surface area contributed by atoms with E-state index in [1.165, 1.54) is 24.8 Å². The lowest BCUT2D eigenvalue weighted by atomic mass is 9.90. The Kier molecular flexibility index (Phi) is 4.55. The molecule has 18 heavy (non-hydrogen) atoms. The number of alkyl halides is 1. The average molecular weight is 267 g/mol. The second-order valence-electron chi connectivity index (χ2n) is 5.71. The molecule has 1 nitrogen and oxygen atoms in total. The van der Waals surface area contributed by atoms with Gasteiger partial charge in [0, 0.05) is 0 Å². The van der Waals surface area contributed by atoms with E-state index in [2.05, 4.69) is 19.1 Å². The molecule has 1 aliphatic carbocycles. The fraction of sp³-hybridized carbons (Fsp3) is 0.625. The first-order chi connectivity index (χ1) is 8.58. The fourth-order valence-electron chi connectivity index (χ4n) is 2.86. The van der Waals surface area contributed by atoms with Crippen LogP contribution in [0, 0.1) is 11.8 Å². The quantitative estimate of drug-likeness (QED) is 0.682. The second kappa shape index (κ2) is 5.97. The zero-order chi connectivity index (χ0) is 13.1. The number of benzene rings is 1. The Labute approximate surface area is 115 Å². The van der Waals surface area contributed by atoms with Crippen molar-refractivity contribution in [3.05, 3.63) is 29.8 Å². The van der Waals surface area contributed by atoms with Gasteiger partial charge in [-0.25, -0.2) is 0 Å². The average Bonchev–Trinajstić information content (AvgIpc) is 2.75. The maximum atomic E-state index is 6.62. The smallest absolute Gasteiger partial charge is 0.119 e. The zero-order valence-electron chi connectivity index (χ0n) is 11.5. The lowest BCUT2D eigenvalue weighted by Gasteiger charge is -2.22. The molecular weight excluding hydrogens is 244 g/mol. The van der Waals surface area contributed by atoms with Gasteiger partial charge >= 0.3 is 0 Å². The van der Waals surface area contributed by atoms with Crippen molar-refractivity contribution in [1.29, 1.82) is 0 Å². The standard InChI is InChI=1S/C16H23ClO/c1-11(2)18-14-9-7-13(8-10-14)16(17)15-6-4-5-12(15)3/h7-12,15-16H,4-6H2,1-3H3. The molecule has 100 valence electrons. The van der Waals surface area contributed by atoms with E-state index in [9.17, 15) is 0 Å². The molecule has 1 aromatic rings. The second-order valence-corrected chi connectivity index (χ2v) is 6.18. The van der Waals surface area contributed by atoms with Crippen LogP contribution < -0.4 is 4.74 Å². The van der Waals surface area contributed by atoms with E-state index in [4.69, 9.17) is 16.3 Å². The minimum Gasteiger partial charge on any atom is -0.491 e. The Morgan fingerprint density at radius 1 is 1.17 bits per heavy atom. The number of rotatable bonds is 4. The van der Waals surface area contributed by atoms with Gasteiger partial charge in [-0.15, -0.1) is 11.6 Å². The number of hydrogen-bond donors (Lipinski definition) is 0. The summed E-state index contributed by atoms with van der Waals surface area (Å²) in [6.45, 7) is 6.40. The third kappa shape index (κ3) is 3.20. The Hall–Kier alpha value is -0.690. The van der Waals surface area contributed by atoms with E-state index >= 15 is 0 Å². The highest BCUT2D eigenvalue weighted by atomic mass is 35.5. The van der Waals surface area contributed by atoms with Crippen LogP contribution >= 0.6 is 11.6 Å². The van der Waals surface area contributed by atoms with Crippen LogP contribution in [0.25, 0.3) is 0 Å². The van der Waals surface area contributed by atoms with E-state index < -0.39 is 0 Å². The first kappa shape index (κ1) is 13.7. The first-order valence-corrected chi connectivity index (χ1v) is 7.42. The molecule has 2 heteroatoms. The molecule has 1 saturated carbocycles. The van der Waals surface area contributed by atoms with Gasteiger partial charge in [-0.3, -0.25) is 0 Å². The number of hydrogen-bond acceptors (Lipinski definition) is 1. The summed E-state index contributed by atoms with van der Waals surface area (Å²) in [7, 11) is 0. The van der Waals surface area contributed by atoms with E-state index in [0.717, 1.165) is 11.7 Å². The highest BCUT2D eigenvalue weighted by molar-refractivity contribution is 6.21. The van der Waals surface area contributed by atoms with Gasteiger partial charge in [0.05, 0.1) is 11.5 Å². The zero-order valence-corrected chi connectivity index (χ0v) is 12.3. The first-order valence-electron chi connectivity index (χ1n) is 6.98. The largest absolute Gasteiger partial charge is 0.491 e. The molecule has 1 aromatic carbocycles. The Balaban J connectivity index is 2.04. The van der Waals surface area contributed by atoms with E-state index in [1.54, 1.807) is 0 Å². The monoisotopic (exact) mass is 266 g/mol. The van der Waals surface area contributed by atoms with Crippen molar-refractivity contribution >= 4 is 11.6 Å². The minimum atomic E-state index is 0.149. The van der Waals surface area contributed by atoms with Crippen LogP contribution in [-0.2, 0) is 0 Å². The molecule has 0 N–H and O–H groups in total. The van der Waals surface area contributed by atoms with Gasteiger partial charge in [0.15, 0.2) is 0 Å². The van der Waals surface area contributed by atoms with Gasteiger partial charge in [0.1, 0.15) is 5.75 Å². The van der Waals surface area contributed by atoms with Crippen LogP contribution in [0.15, 0.2) is 24.3 Å². The molecule has 1 fully saturated rings. The molecule has 1 aliphatic rings. The number of ether oxygens (including phenoxy) is 1. The molecule has 2 rings (SSSR count). The van der Waals surface area contributed by atoms with Crippen LogP contribution in [0.5, 0.6) is 5.75 Å². The van der Waals surface area contributed by atoms with Crippen LogP contribution in [-0.4, -0.2) is 6.10 Å². The molecule has 0 aliphatic heterocycles. The molecule has 0 radical (unpaired) electrons. The van der Waals surface area contributed by atoms with Crippen LogP contribution in [0.1, 0.15) is 51.0 Å². The van der Waals surface area contributed by atoms with E-state index in [0.29, 0.717) is 5.92 Å². The van der Waals surface area contributed by atoms with Gasteiger partial charge < -0.3 is 4.74 Å². The maximum absolute atomic E-state index is 6.62. The highest BCUT2D eigenvalue weighted by Gasteiger charge is 2.30. The molecule has 0 heterocycles. The van der Waals surface area contributed by atoms with Crippen molar-refractivity contribution in [2.24, 2.45) is 11.8 Å². The van der Waals surface area contributed by atoms with Crippen molar-refractivity contribution in [2.45, 2.75) is 51.5 Å². The summed E-state index contributed by atoms with van der Waals surface area (Å²) in [6, 6.07) is 8.29. The van der Waals surface area contributed by atoms with Gasteiger partial charge in [0.2, 0.25) is 0 Å². The van der Waals surface area contributed by atoms with Crippen molar-refractivity contribution in [3.8, 4) is 5.75 Å². The van der Waals surface area contributed by atoms with Crippen LogP contribution in [0.4, 0.5) is 0 Å². The van der Waals surface area contributed by atoms with Crippen molar-refractivity contribution in [2.75, 3.05) is 0 Å². The van der Waals surface area contributed by atoms with E-state index in [-0.39, 0.29) is 11.5 Å². The molecule has 3 atom stereocenters. The Morgan fingerprint density at radius 2 is 1.83 bits per heavy atom. The maximum Gasteiger partial charge on any atom is 0.119 e. The predicted molar refractivity (Wildman–Crippen MR) is 77.3 cm³/mol. The summed E-state index contributed by atoms with van der Waals surface area (Å²) in [4.78, 5) is 0. The number of halogens is 1. The third-order valence-electron chi connectivity index (χ3n) is 3.87. The summed E-state index contributed by atoms with van der Waals surface area (Å²) < 4.78 is 5.65. The van der Waals surface area contributed by atoms with Crippen molar-refractivity contribution in [1.82, 2.24) is 0 Å². The highest BCUT2D eigenvalue weighted by Crippen LogP contribution is 2.43. The molecule has 0 spiro atoms. The topological polar surface area (TPSA) is 9.23 Å². The molecule has 0 bridgehead atoms.